The fourth-order valence-corrected chi connectivity index (χ4v) is 3.56. The van der Waals surface area contributed by atoms with E-state index in [-0.39, 0.29) is 23.6 Å². The summed E-state index contributed by atoms with van der Waals surface area (Å²) in [5.41, 5.74) is 0.510. The quantitative estimate of drug-likeness (QED) is 0.791. The summed E-state index contributed by atoms with van der Waals surface area (Å²) in [4.78, 5) is 25.7. The Bertz CT molecular complexity index is 636. The highest BCUT2D eigenvalue weighted by Gasteiger charge is 2.36. The fraction of sp³-hybridized carbons (Fsp3) is 0.400. The van der Waals surface area contributed by atoms with Crippen molar-refractivity contribution >= 4 is 45.8 Å². The number of anilines is 1. The van der Waals surface area contributed by atoms with Crippen LogP contribution in [0.4, 0.5) is 5.69 Å². The molecule has 1 aliphatic heterocycles. The van der Waals surface area contributed by atoms with Gasteiger partial charge in [-0.1, -0.05) is 30.9 Å². The van der Waals surface area contributed by atoms with E-state index in [0.29, 0.717) is 27.9 Å². The first-order valence-electron chi connectivity index (χ1n) is 7.04. The van der Waals surface area contributed by atoms with Gasteiger partial charge in [0.25, 0.3) is 0 Å². The van der Waals surface area contributed by atoms with Crippen LogP contribution < -0.4 is 14.8 Å². The first kappa shape index (κ1) is 17.6. The van der Waals surface area contributed by atoms with E-state index in [9.17, 15) is 9.59 Å². The van der Waals surface area contributed by atoms with Gasteiger partial charge < -0.3 is 14.8 Å². The summed E-state index contributed by atoms with van der Waals surface area (Å²) in [6.45, 7) is 1.82. The number of ether oxygens (including phenoxy) is 2. The van der Waals surface area contributed by atoms with E-state index in [1.807, 2.05) is 6.92 Å². The number of rotatable bonds is 6. The van der Waals surface area contributed by atoms with Crippen molar-refractivity contribution < 1.29 is 19.1 Å². The van der Waals surface area contributed by atoms with E-state index in [1.54, 1.807) is 25.3 Å². The Morgan fingerprint density at radius 3 is 2.70 bits per heavy atom. The van der Waals surface area contributed by atoms with Crippen molar-refractivity contribution in [1.29, 1.82) is 0 Å². The standard InChI is InChI=1S/C15H18N2O4S2/c1-4-12-14(19)17(15(22)23-12)8-13(18)16-10-6-5-9(20-2)7-11(10)21-3/h5-7,12H,4,8H2,1-3H3,(H,16,18). The second kappa shape index (κ2) is 7.65. The predicted molar refractivity (Wildman–Crippen MR) is 94.2 cm³/mol. The van der Waals surface area contributed by atoms with Gasteiger partial charge in [-0.2, -0.15) is 0 Å². The van der Waals surface area contributed by atoms with Gasteiger partial charge in [0, 0.05) is 6.07 Å². The van der Waals surface area contributed by atoms with Crippen molar-refractivity contribution in [1.82, 2.24) is 4.90 Å². The normalized spacial score (nSPS) is 17.3. The molecule has 2 rings (SSSR count). The minimum atomic E-state index is -0.332. The molecule has 124 valence electrons. The lowest BCUT2D eigenvalue weighted by atomic mass is 10.2. The van der Waals surface area contributed by atoms with Crippen molar-refractivity contribution in [3.05, 3.63) is 18.2 Å². The Balaban J connectivity index is 2.05. The van der Waals surface area contributed by atoms with Gasteiger partial charge >= 0.3 is 0 Å². The molecule has 1 heterocycles. The second-order valence-electron chi connectivity index (χ2n) is 4.82. The maximum atomic E-state index is 12.2. The molecule has 1 aromatic rings. The molecule has 0 radical (unpaired) electrons. The van der Waals surface area contributed by atoms with Crippen LogP contribution >= 0.6 is 24.0 Å². The van der Waals surface area contributed by atoms with Crippen LogP contribution in [-0.2, 0) is 9.59 Å². The largest absolute Gasteiger partial charge is 0.497 e. The van der Waals surface area contributed by atoms with E-state index in [1.165, 1.54) is 23.8 Å². The summed E-state index contributed by atoms with van der Waals surface area (Å²) in [6, 6.07) is 5.07. The van der Waals surface area contributed by atoms with Crippen LogP contribution in [0.3, 0.4) is 0 Å². The van der Waals surface area contributed by atoms with Crippen LogP contribution in [-0.4, -0.2) is 47.0 Å². The molecule has 0 aromatic heterocycles. The zero-order valence-corrected chi connectivity index (χ0v) is 14.8. The molecule has 2 amide bonds. The first-order valence-corrected chi connectivity index (χ1v) is 8.32. The third kappa shape index (κ3) is 3.94. The number of hydrogen-bond acceptors (Lipinski definition) is 6. The van der Waals surface area contributed by atoms with Crippen LogP contribution in [0.5, 0.6) is 11.5 Å². The lowest BCUT2D eigenvalue weighted by Crippen LogP contribution is -2.38. The number of hydrogen-bond donors (Lipinski definition) is 1. The first-order chi connectivity index (χ1) is 11.0. The SMILES string of the molecule is CCC1SC(=S)N(CC(=O)Nc2ccc(OC)cc2OC)C1=O. The Morgan fingerprint density at radius 1 is 1.39 bits per heavy atom. The molecule has 1 atom stereocenters. The number of nitrogens with one attached hydrogen (secondary N) is 1. The average Bonchev–Trinajstić information content (AvgIpc) is 2.82. The lowest BCUT2D eigenvalue weighted by Gasteiger charge is -2.16. The lowest BCUT2D eigenvalue weighted by molar-refractivity contribution is -0.129. The number of carbonyl (C=O) groups is 2. The van der Waals surface area contributed by atoms with Crippen LogP contribution in [0.1, 0.15) is 13.3 Å². The number of nitrogens with zero attached hydrogens (tertiary/aromatic N) is 1. The fourth-order valence-electron chi connectivity index (χ4n) is 2.14. The summed E-state index contributed by atoms with van der Waals surface area (Å²) < 4.78 is 10.8. The van der Waals surface area contributed by atoms with Gasteiger partial charge in [-0.15, -0.1) is 0 Å². The molecule has 1 saturated heterocycles. The highest BCUT2D eigenvalue weighted by Crippen LogP contribution is 2.31. The Morgan fingerprint density at radius 2 is 2.13 bits per heavy atom. The Hall–Kier alpha value is -1.80. The zero-order valence-electron chi connectivity index (χ0n) is 13.1. The van der Waals surface area contributed by atoms with E-state index in [0.717, 1.165) is 0 Å². The minimum Gasteiger partial charge on any atom is -0.497 e. The molecule has 1 aromatic carbocycles. The molecule has 23 heavy (non-hydrogen) atoms. The number of amides is 2. The summed E-state index contributed by atoms with van der Waals surface area (Å²) in [5.74, 6) is 0.660. The maximum Gasteiger partial charge on any atom is 0.244 e. The molecule has 1 N–H and O–H groups in total. The van der Waals surface area contributed by atoms with Gasteiger partial charge in [-0.25, -0.2) is 0 Å². The summed E-state index contributed by atoms with van der Waals surface area (Å²) in [7, 11) is 3.06. The van der Waals surface area contributed by atoms with Gasteiger partial charge in [0.15, 0.2) is 0 Å². The molecular weight excluding hydrogens is 336 g/mol. The summed E-state index contributed by atoms with van der Waals surface area (Å²) >= 11 is 6.50. The summed E-state index contributed by atoms with van der Waals surface area (Å²) in [5, 5.41) is 2.54. The number of thioether (sulfide) groups is 1. The van der Waals surface area contributed by atoms with Gasteiger partial charge in [0.05, 0.1) is 25.2 Å². The Labute approximate surface area is 144 Å². The number of thiocarbonyl (C=S) groups is 1. The van der Waals surface area contributed by atoms with Crippen molar-refractivity contribution in [3.63, 3.8) is 0 Å². The molecule has 0 spiro atoms. The molecule has 1 unspecified atom stereocenters. The van der Waals surface area contributed by atoms with Gasteiger partial charge in [0.2, 0.25) is 11.8 Å². The molecular formula is C15H18N2O4S2. The molecule has 0 bridgehead atoms. The smallest absolute Gasteiger partial charge is 0.244 e. The third-order valence-corrected chi connectivity index (χ3v) is 5.11. The second-order valence-corrected chi connectivity index (χ2v) is 6.66. The summed E-state index contributed by atoms with van der Waals surface area (Å²) in [6.07, 6.45) is 0.689. The van der Waals surface area contributed by atoms with E-state index >= 15 is 0 Å². The molecule has 8 heteroatoms. The molecule has 0 aliphatic carbocycles. The monoisotopic (exact) mass is 354 g/mol. The van der Waals surface area contributed by atoms with Gasteiger partial charge in [0.1, 0.15) is 22.4 Å². The van der Waals surface area contributed by atoms with E-state index in [4.69, 9.17) is 21.7 Å². The zero-order chi connectivity index (χ0) is 17.0. The third-order valence-electron chi connectivity index (χ3n) is 3.36. The van der Waals surface area contributed by atoms with E-state index in [2.05, 4.69) is 5.32 Å². The number of methoxy groups -OCH3 is 2. The molecule has 1 aliphatic rings. The van der Waals surface area contributed by atoms with E-state index < -0.39 is 0 Å². The number of benzene rings is 1. The number of carbonyl (C=O) groups excluding carboxylic acids is 2. The predicted octanol–water partition coefficient (Wildman–Crippen LogP) is 2.28. The van der Waals surface area contributed by atoms with Crippen LogP contribution in [0.2, 0.25) is 0 Å². The van der Waals surface area contributed by atoms with Crippen LogP contribution in [0, 0.1) is 0 Å². The molecule has 0 saturated carbocycles. The van der Waals surface area contributed by atoms with Gasteiger partial charge in [-0.05, 0) is 18.6 Å². The van der Waals surface area contributed by atoms with Crippen molar-refractivity contribution in [2.45, 2.75) is 18.6 Å². The maximum absolute atomic E-state index is 12.2. The van der Waals surface area contributed by atoms with Gasteiger partial charge in [-0.3, -0.25) is 14.5 Å². The highest BCUT2D eigenvalue weighted by atomic mass is 32.2. The van der Waals surface area contributed by atoms with Crippen LogP contribution in [0.25, 0.3) is 0 Å². The minimum absolute atomic E-state index is 0.101. The Kier molecular flexibility index (Phi) is 5.84. The average molecular weight is 354 g/mol. The van der Waals surface area contributed by atoms with Crippen LogP contribution in [0.15, 0.2) is 18.2 Å². The van der Waals surface area contributed by atoms with Crippen molar-refractivity contribution in [3.8, 4) is 11.5 Å². The molecule has 1 fully saturated rings. The topological polar surface area (TPSA) is 67.9 Å². The van der Waals surface area contributed by atoms with Crippen molar-refractivity contribution in [2.75, 3.05) is 26.1 Å². The highest BCUT2D eigenvalue weighted by molar-refractivity contribution is 8.24. The molecule has 6 nitrogen and oxygen atoms in total. The van der Waals surface area contributed by atoms with Crippen molar-refractivity contribution in [2.24, 2.45) is 0 Å².